The molecule has 0 aliphatic carbocycles. The molecule has 0 aromatic rings. The lowest BCUT2D eigenvalue weighted by Gasteiger charge is -1.82. The second-order valence-electron chi connectivity index (χ2n) is 0.376. The minimum Gasteiger partial charge on any atom is -0.458 e. The first kappa shape index (κ1) is 9.37. The number of hydrogen-bond donors (Lipinski definition) is 1. The van der Waals surface area contributed by atoms with Crippen LogP contribution in [0.5, 0.6) is 0 Å². The molecule has 0 aromatic heterocycles. The van der Waals surface area contributed by atoms with E-state index < -0.39 is 9.03 Å². The van der Waals surface area contributed by atoms with Crippen LogP contribution in [-0.4, -0.2) is 13.3 Å². The van der Waals surface area contributed by atoms with Crippen molar-refractivity contribution < 1.29 is 9.42 Å². The van der Waals surface area contributed by atoms with Crippen molar-refractivity contribution >= 4 is 17.4 Å². The Morgan fingerprint density at radius 1 is 1.83 bits per heavy atom. The van der Waals surface area contributed by atoms with Crippen LogP contribution in [0.15, 0.2) is 12.8 Å². The molecule has 0 spiro atoms. The Morgan fingerprint density at radius 3 is 2.33 bits per heavy atom. The summed E-state index contributed by atoms with van der Waals surface area (Å²) < 4.78 is 4.18. The Balaban J connectivity index is 0. The van der Waals surface area contributed by atoms with Crippen LogP contribution in [0.4, 0.5) is 0 Å². The molecule has 1 atom stereocenters. The monoisotopic (exact) mass is 106 g/mol. The van der Waals surface area contributed by atoms with E-state index in [1.165, 1.54) is 6.26 Å². The maximum absolute atomic E-state index is 7.80. The van der Waals surface area contributed by atoms with Gasteiger partial charge in [0.15, 0.2) is 0 Å². The third-order valence-electron chi connectivity index (χ3n) is 0.136. The Bertz CT molecular complexity index is 32.7. The van der Waals surface area contributed by atoms with Gasteiger partial charge in [0, 0.05) is 0 Å². The first-order chi connectivity index (χ1) is 2.41. The lowest BCUT2D eigenvalue weighted by Crippen LogP contribution is -1.48. The largest absolute Gasteiger partial charge is 0.458 e. The van der Waals surface area contributed by atoms with Crippen LogP contribution in [0, 0.1) is 0 Å². The normalized spacial score (nSPS) is 7.50. The summed E-state index contributed by atoms with van der Waals surface area (Å²) in [7, 11) is -0.460. The van der Waals surface area contributed by atoms with Gasteiger partial charge in [0.05, 0.1) is 14.7 Å². The van der Waals surface area contributed by atoms with Gasteiger partial charge in [-0.25, -0.2) is 0 Å². The Morgan fingerprint density at radius 2 is 2.33 bits per heavy atom. The molecule has 0 bridgehead atoms. The molecule has 0 saturated heterocycles. The van der Waals surface area contributed by atoms with E-state index in [9.17, 15) is 0 Å². The molecule has 2 nitrogen and oxygen atoms in total. The maximum atomic E-state index is 7.80. The van der Waals surface area contributed by atoms with Crippen molar-refractivity contribution in [3.63, 3.8) is 0 Å². The smallest absolute Gasteiger partial charge is 0.211 e. The van der Waals surface area contributed by atoms with E-state index in [0.717, 1.165) is 0 Å². The van der Waals surface area contributed by atoms with Crippen LogP contribution in [-0.2, 0) is 4.52 Å². The average molecular weight is 106 g/mol. The maximum Gasteiger partial charge on any atom is 0.211 e. The lowest BCUT2D eigenvalue weighted by molar-refractivity contribution is 0.466. The van der Waals surface area contributed by atoms with Gasteiger partial charge in [-0.05, 0) is 0 Å². The predicted octanol–water partition coefficient (Wildman–Crippen LogP) is -0.537. The first-order valence-corrected chi connectivity index (χ1v) is 1.93. The van der Waals surface area contributed by atoms with Crippen LogP contribution in [0.3, 0.4) is 0 Å². The third-order valence-corrected chi connectivity index (χ3v) is 0.408. The Kier molecular flexibility index (Phi) is 13.9. The minimum atomic E-state index is -0.460. The van der Waals surface area contributed by atoms with Gasteiger partial charge in [0.2, 0.25) is 9.03 Å². The van der Waals surface area contributed by atoms with Gasteiger partial charge in [-0.2, -0.15) is 0 Å². The van der Waals surface area contributed by atoms with E-state index in [-0.39, 0.29) is 8.41 Å². The molecule has 0 aliphatic heterocycles. The molecule has 1 N–H and O–H groups in total. The van der Waals surface area contributed by atoms with E-state index >= 15 is 0 Å². The molecule has 4 heteroatoms. The van der Waals surface area contributed by atoms with Gasteiger partial charge in [0.1, 0.15) is 0 Å². The van der Waals surface area contributed by atoms with Crippen molar-refractivity contribution in [2.24, 2.45) is 0 Å². The zero-order valence-electron chi connectivity index (χ0n) is 2.64. The van der Waals surface area contributed by atoms with Crippen molar-refractivity contribution in [3.05, 3.63) is 12.8 Å². The molecule has 36 valence electrons. The standard InChI is InChI=1S/C2H5O2P.BH3/c1-2-4-5-3;/h2-3,5H,1H2;1H3. The molecule has 1 unspecified atom stereocenters. The van der Waals surface area contributed by atoms with Crippen LogP contribution < -0.4 is 0 Å². The Hall–Kier alpha value is -0.00506. The zero-order chi connectivity index (χ0) is 4.12. The van der Waals surface area contributed by atoms with Gasteiger partial charge in [0.25, 0.3) is 0 Å². The highest BCUT2D eigenvalue weighted by atomic mass is 31.1. The number of hydrogen-bond acceptors (Lipinski definition) is 2. The highest BCUT2D eigenvalue weighted by Crippen LogP contribution is 2.00. The van der Waals surface area contributed by atoms with E-state index in [1.807, 2.05) is 0 Å². The predicted molar refractivity (Wildman–Crippen MR) is 31.8 cm³/mol. The van der Waals surface area contributed by atoms with Crippen LogP contribution in [0.25, 0.3) is 0 Å². The minimum absolute atomic E-state index is 0. The van der Waals surface area contributed by atoms with Gasteiger partial charge >= 0.3 is 0 Å². The van der Waals surface area contributed by atoms with Gasteiger partial charge in [-0.15, -0.1) is 0 Å². The summed E-state index contributed by atoms with van der Waals surface area (Å²) in [5, 5.41) is 0. The summed E-state index contributed by atoms with van der Waals surface area (Å²) in [6, 6.07) is 0. The lowest BCUT2D eigenvalue weighted by atomic mass is 10.8. The molecule has 0 aromatic carbocycles. The van der Waals surface area contributed by atoms with Gasteiger partial charge in [-0.3, -0.25) is 0 Å². The second kappa shape index (κ2) is 8.89. The van der Waals surface area contributed by atoms with Gasteiger partial charge < -0.3 is 9.42 Å². The molecule has 0 radical (unpaired) electrons. The van der Waals surface area contributed by atoms with Crippen molar-refractivity contribution in [2.45, 2.75) is 0 Å². The topological polar surface area (TPSA) is 29.5 Å². The molecule has 0 aliphatic rings. The molecule has 0 heterocycles. The number of rotatable bonds is 2. The van der Waals surface area contributed by atoms with Crippen molar-refractivity contribution in [1.29, 1.82) is 0 Å². The summed E-state index contributed by atoms with van der Waals surface area (Å²) in [6.45, 7) is 3.18. The third kappa shape index (κ3) is 9.00. The fourth-order valence-corrected chi connectivity index (χ4v) is 0.112. The average Bonchev–Trinajstić information content (AvgIpc) is 1.41. The van der Waals surface area contributed by atoms with Crippen LogP contribution in [0.2, 0.25) is 0 Å². The summed E-state index contributed by atoms with van der Waals surface area (Å²) >= 11 is 0. The highest BCUT2D eigenvalue weighted by Gasteiger charge is 1.58. The molecule has 0 saturated carbocycles. The van der Waals surface area contributed by atoms with Gasteiger partial charge in [-0.1, -0.05) is 6.58 Å². The second-order valence-corrected chi connectivity index (χ2v) is 0.794. The quantitative estimate of drug-likeness (QED) is 0.291. The Labute approximate surface area is 40.7 Å². The molecular weight excluding hydrogens is 97.8 g/mol. The fourth-order valence-electron chi connectivity index (χ4n) is 0.0373. The molecule has 0 fully saturated rings. The summed E-state index contributed by atoms with van der Waals surface area (Å²) in [5.74, 6) is 0. The van der Waals surface area contributed by atoms with Crippen LogP contribution in [0.1, 0.15) is 0 Å². The summed E-state index contributed by atoms with van der Waals surface area (Å²) in [4.78, 5) is 7.80. The summed E-state index contributed by atoms with van der Waals surface area (Å²) in [5.41, 5.74) is 0. The van der Waals surface area contributed by atoms with E-state index in [2.05, 4.69) is 11.1 Å². The van der Waals surface area contributed by atoms with Crippen molar-refractivity contribution in [3.8, 4) is 0 Å². The highest BCUT2D eigenvalue weighted by molar-refractivity contribution is 7.25. The molecule has 0 rings (SSSR count). The SMILES string of the molecule is B.C=COPO. The van der Waals surface area contributed by atoms with E-state index in [4.69, 9.17) is 4.89 Å². The molecular formula is C2H8BO2P. The first-order valence-electron chi connectivity index (χ1n) is 1.07. The molecule has 0 amide bonds. The molecule has 6 heavy (non-hydrogen) atoms. The van der Waals surface area contributed by atoms with Crippen molar-refractivity contribution in [2.75, 3.05) is 0 Å². The fraction of sp³-hybridized carbons (Fsp3) is 0. The van der Waals surface area contributed by atoms with Crippen molar-refractivity contribution in [1.82, 2.24) is 0 Å². The summed E-state index contributed by atoms with van der Waals surface area (Å²) in [6.07, 6.45) is 1.19. The van der Waals surface area contributed by atoms with Crippen LogP contribution >= 0.6 is 9.03 Å². The zero-order valence-corrected chi connectivity index (χ0v) is 3.64. The van der Waals surface area contributed by atoms with E-state index in [0.29, 0.717) is 0 Å². The van der Waals surface area contributed by atoms with E-state index in [1.54, 1.807) is 0 Å².